The molecule has 3 rings (SSSR count). The highest BCUT2D eigenvalue weighted by Gasteiger charge is 2.36. The zero-order chi connectivity index (χ0) is 19.6. The van der Waals surface area contributed by atoms with Crippen molar-refractivity contribution in [3.05, 3.63) is 23.5 Å². The van der Waals surface area contributed by atoms with E-state index >= 15 is 0 Å². The molecule has 2 fully saturated rings. The molecule has 6 heteroatoms. The largest absolute Gasteiger partial charge is 0.369 e. The number of pyridine rings is 1. The van der Waals surface area contributed by atoms with E-state index in [1.54, 1.807) is 13.1 Å². The van der Waals surface area contributed by atoms with Crippen LogP contribution in [0.2, 0.25) is 0 Å². The minimum Gasteiger partial charge on any atom is -0.369 e. The van der Waals surface area contributed by atoms with Crippen LogP contribution < -0.4 is 10.2 Å². The van der Waals surface area contributed by atoms with Gasteiger partial charge in [0.15, 0.2) is 5.69 Å². The molecule has 146 valence electrons. The van der Waals surface area contributed by atoms with Gasteiger partial charge in [-0.25, -0.2) is 4.98 Å². The first-order valence-electron chi connectivity index (χ1n) is 9.95. The van der Waals surface area contributed by atoms with E-state index in [2.05, 4.69) is 46.9 Å². The predicted molar refractivity (Wildman–Crippen MR) is 107 cm³/mol. The minimum absolute atomic E-state index is 0.265. The maximum atomic E-state index is 11.8. The van der Waals surface area contributed by atoms with Gasteiger partial charge < -0.3 is 10.2 Å². The second kappa shape index (κ2) is 7.85. The molecule has 2 aliphatic rings. The highest BCUT2D eigenvalue weighted by Crippen LogP contribution is 2.36. The summed E-state index contributed by atoms with van der Waals surface area (Å²) in [4.78, 5) is 20.9. The molecular formula is C21H31N5O. The van der Waals surface area contributed by atoms with Crippen molar-refractivity contribution >= 4 is 11.6 Å². The van der Waals surface area contributed by atoms with Crippen LogP contribution in [0.3, 0.4) is 0 Å². The van der Waals surface area contributed by atoms with Crippen molar-refractivity contribution in [3.63, 3.8) is 0 Å². The van der Waals surface area contributed by atoms with E-state index in [0.717, 1.165) is 37.5 Å². The van der Waals surface area contributed by atoms with Crippen LogP contribution in [-0.2, 0) is 0 Å². The lowest BCUT2D eigenvalue weighted by Crippen LogP contribution is -2.44. The maximum absolute atomic E-state index is 11.8. The van der Waals surface area contributed by atoms with Crippen LogP contribution >= 0.6 is 0 Å². The number of nitriles is 1. The number of rotatable bonds is 3. The van der Waals surface area contributed by atoms with Gasteiger partial charge >= 0.3 is 0 Å². The van der Waals surface area contributed by atoms with Gasteiger partial charge in [0.05, 0.1) is 5.69 Å². The number of hydrogen-bond donors (Lipinski definition) is 1. The zero-order valence-electron chi connectivity index (χ0n) is 17.0. The first-order chi connectivity index (χ1) is 12.8. The highest BCUT2D eigenvalue weighted by molar-refractivity contribution is 5.92. The van der Waals surface area contributed by atoms with Crippen molar-refractivity contribution in [3.8, 4) is 6.07 Å². The first-order valence-corrected chi connectivity index (χ1v) is 9.95. The number of nitrogens with one attached hydrogen (secondary N) is 1. The third kappa shape index (κ3) is 4.24. The molecule has 0 aromatic carbocycles. The first kappa shape index (κ1) is 19.6. The number of carbonyl (C=O) groups excluding carboxylic acids is 1. The summed E-state index contributed by atoms with van der Waals surface area (Å²) in [6, 6.07) is 6.36. The number of carbonyl (C=O) groups is 1. The number of anilines is 1. The molecule has 1 unspecified atom stereocenters. The molecule has 1 aromatic rings. The molecule has 1 N–H and O–H groups in total. The normalized spacial score (nSPS) is 21.9. The molecule has 6 nitrogen and oxygen atoms in total. The van der Waals surface area contributed by atoms with E-state index in [4.69, 9.17) is 0 Å². The second-order valence-corrected chi connectivity index (χ2v) is 8.82. The summed E-state index contributed by atoms with van der Waals surface area (Å²) in [7, 11) is 1.57. The summed E-state index contributed by atoms with van der Waals surface area (Å²) < 4.78 is 0. The Morgan fingerprint density at radius 1 is 1.22 bits per heavy atom. The van der Waals surface area contributed by atoms with Crippen molar-refractivity contribution in [2.24, 2.45) is 11.3 Å². The molecule has 0 bridgehead atoms. The number of nitrogens with zero attached hydrogens (tertiary/aromatic N) is 4. The van der Waals surface area contributed by atoms with Crippen molar-refractivity contribution < 1.29 is 4.79 Å². The van der Waals surface area contributed by atoms with Crippen LogP contribution in [0.15, 0.2) is 12.1 Å². The van der Waals surface area contributed by atoms with Gasteiger partial charge in [0.25, 0.3) is 5.91 Å². The van der Waals surface area contributed by atoms with E-state index in [-0.39, 0.29) is 11.6 Å². The van der Waals surface area contributed by atoms with E-state index in [1.165, 1.54) is 19.5 Å². The van der Waals surface area contributed by atoms with Crippen molar-refractivity contribution in [1.29, 1.82) is 5.26 Å². The van der Waals surface area contributed by atoms with Gasteiger partial charge in [-0.1, -0.05) is 20.8 Å². The van der Waals surface area contributed by atoms with Crippen LogP contribution in [0.25, 0.3) is 0 Å². The lowest BCUT2D eigenvalue weighted by Gasteiger charge is -2.38. The molecule has 0 aliphatic carbocycles. The Bertz CT molecular complexity index is 725. The molecule has 1 aromatic heterocycles. The standard InChI is InChI=1S/C21H31N5O/c1-21(2,3)15-7-10-26(14-15)16-8-11-25(12-9-16)19-6-5-17(20(27)23-4)24-18(19)13-22/h5-6,15-16H,7-12,14H2,1-4H3,(H,23,27). The summed E-state index contributed by atoms with van der Waals surface area (Å²) in [5.41, 5.74) is 1.86. The fourth-order valence-electron chi connectivity index (χ4n) is 4.34. The Morgan fingerprint density at radius 3 is 2.48 bits per heavy atom. The summed E-state index contributed by atoms with van der Waals surface area (Å²) >= 11 is 0. The topological polar surface area (TPSA) is 72.3 Å². The maximum Gasteiger partial charge on any atom is 0.269 e. The summed E-state index contributed by atoms with van der Waals surface area (Å²) in [6.07, 6.45) is 3.52. The SMILES string of the molecule is CNC(=O)c1ccc(N2CCC(N3CCC(C(C)(C)C)C3)CC2)c(C#N)n1. The van der Waals surface area contributed by atoms with Gasteiger partial charge in [0.2, 0.25) is 0 Å². The van der Waals surface area contributed by atoms with Crippen LogP contribution in [-0.4, -0.2) is 55.1 Å². The van der Waals surface area contributed by atoms with Crippen molar-refractivity contribution in [1.82, 2.24) is 15.2 Å². The molecular weight excluding hydrogens is 338 g/mol. The third-order valence-electron chi connectivity index (χ3n) is 6.21. The average Bonchev–Trinajstić information content (AvgIpc) is 3.17. The lowest BCUT2D eigenvalue weighted by molar-refractivity contribution is 0.0958. The smallest absolute Gasteiger partial charge is 0.269 e. The predicted octanol–water partition coefficient (Wildman–Crippen LogP) is 2.65. The van der Waals surface area contributed by atoms with Gasteiger partial charge in [-0.15, -0.1) is 0 Å². The molecule has 0 radical (unpaired) electrons. The van der Waals surface area contributed by atoms with Gasteiger partial charge in [0.1, 0.15) is 11.8 Å². The fraction of sp³-hybridized carbons (Fsp3) is 0.667. The second-order valence-electron chi connectivity index (χ2n) is 8.82. The van der Waals surface area contributed by atoms with Gasteiger partial charge in [0, 0.05) is 32.7 Å². The molecule has 2 aliphatic heterocycles. The number of amides is 1. The van der Waals surface area contributed by atoms with Gasteiger partial charge in [-0.05, 0) is 49.3 Å². The van der Waals surface area contributed by atoms with Crippen molar-refractivity contribution in [2.45, 2.75) is 46.1 Å². The summed E-state index contributed by atoms with van der Waals surface area (Å²) in [6.45, 7) is 11.3. The number of aromatic nitrogens is 1. The summed E-state index contributed by atoms with van der Waals surface area (Å²) in [5, 5.41) is 12.0. The van der Waals surface area contributed by atoms with Crippen LogP contribution in [0.4, 0.5) is 5.69 Å². The molecule has 2 saturated heterocycles. The van der Waals surface area contributed by atoms with Gasteiger partial charge in [-0.2, -0.15) is 5.26 Å². The highest BCUT2D eigenvalue weighted by atomic mass is 16.1. The molecule has 0 spiro atoms. The Kier molecular flexibility index (Phi) is 5.71. The number of piperidine rings is 1. The fourth-order valence-corrected chi connectivity index (χ4v) is 4.34. The monoisotopic (exact) mass is 369 g/mol. The molecule has 3 heterocycles. The Morgan fingerprint density at radius 2 is 1.93 bits per heavy atom. The van der Waals surface area contributed by atoms with Crippen molar-refractivity contribution in [2.75, 3.05) is 38.1 Å². The molecule has 27 heavy (non-hydrogen) atoms. The van der Waals surface area contributed by atoms with E-state index in [9.17, 15) is 10.1 Å². The van der Waals surface area contributed by atoms with Crippen LogP contribution in [0.1, 0.15) is 56.2 Å². The Labute approximate surface area is 162 Å². The van der Waals surface area contributed by atoms with Gasteiger partial charge in [-0.3, -0.25) is 9.69 Å². The number of hydrogen-bond acceptors (Lipinski definition) is 5. The Balaban J connectivity index is 1.63. The van der Waals surface area contributed by atoms with Crippen LogP contribution in [0, 0.1) is 22.7 Å². The quantitative estimate of drug-likeness (QED) is 0.887. The van der Waals surface area contributed by atoms with Crippen LogP contribution in [0.5, 0.6) is 0 Å². The van der Waals surface area contributed by atoms with E-state index in [0.29, 0.717) is 17.2 Å². The minimum atomic E-state index is -0.265. The van der Waals surface area contributed by atoms with E-state index < -0.39 is 0 Å². The third-order valence-corrected chi connectivity index (χ3v) is 6.21. The number of likely N-dealkylation sites (tertiary alicyclic amines) is 1. The lowest BCUT2D eigenvalue weighted by atomic mass is 9.80. The van der Waals surface area contributed by atoms with E-state index in [1.807, 2.05) is 6.07 Å². The zero-order valence-corrected chi connectivity index (χ0v) is 17.0. The Hall–Kier alpha value is -2.13. The summed E-state index contributed by atoms with van der Waals surface area (Å²) in [5.74, 6) is 0.515. The molecule has 1 atom stereocenters. The average molecular weight is 370 g/mol. The molecule has 1 amide bonds. The molecule has 0 saturated carbocycles.